The summed E-state index contributed by atoms with van der Waals surface area (Å²) < 4.78 is 0. The van der Waals surface area contributed by atoms with Crippen molar-refractivity contribution in [3.63, 3.8) is 0 Å². The summed E-state index contributed by atoms with van der Waals surface area (Å²) in [5.74, 6) is 0.937. The van der Waals surface area contributed by atoms with Gasteiger partial charge >= 0.3 is 0 Å². The summed E-state index contributed by atoms with van der Waals surface area (Å²) in [6, 6.07) is 0. The van der Waals surface area contributed by atoms with Crippen LogP contribution >= 0.6 is 0 Å². The lowest BCUT2D eigenvalue weighted by Gasteiger charge is -2.22. The second kappa shape index (κ2) is 7.44. The summed E-state index contributed by atoms with van der Waals surface area (Å²) in [7, 11) is 0. The van der Waals surface area contributed by atoms with Gasteiger partial charge < -0.3 is 10.6 Å². The van der Waals surface area contributed by atoms with Crippen molar-refractivity contribution in [3.05, 3.63) is 11.6 Å². The first kappa shape index (κ1) is 13.2. The van der Waals surface area contributed by atoms with Gasteiger partial charge in [0.1, 0.15) is 0 Å². The summed E-state index contributed by atoms with van der Waals surface area (Å²) >= 11 is 0. The first-order valence-electron chi connectivity index (χ1n) is 6.29. The predicted molar refractivity (Wildman–Crippen MR) is 67.3 cm³/mol. The maximum atomic E-state index is 11.5. The summed E-state index contributed by atoms with van der Waals surface area (Å²) in [5, 5.41) is 6.26. The SMILES string of the molecule is CC(C)=CCNC(=O)CCC1CCNCC1. The third kappa shape index (κ3) is 5.91. The zero-order valence-electron chi connectivity index (χ0n) is 10.5. The molecule has 2 N–H and O–H groups in total. The molecule has 1 fully saturated rings. The van der Waals surface area contributed by atoms with E-state index < -0.39 is 0 Å². The molecule has 0 atom stereocenters. The molecule has 0 aromatic carbocycles. The molecule has 0 saturated carbocycles. The van der Waals surface area contributed by atoms with Crippen molar-refractivity contribution in [2.24, 2.45) is 5.92 Å². The second-order valence-corrected chi connectivity index (χ2v) is 4.82. The molecule has 1 amide bonds. The Hall–Kier alpha value is -0.830. The Morgan fingerprint density at radius 3 is 2.69 bits per heavy atom. The van der Waals surface area contributed by atoms with Gasteiger partial charge in [-0.15, -0.1) is 0 Å². The Balaban J connectivity index is 2.07. The largest absolute Gasteiger partial charge is 0.353 e. The molecule has 92 valence electrons. The molecular weight excluding hydrogens is 200 g/mol. The monoisotopic (exact) mass is 224 g/mol. The number of carbonyl (C=O) groups excluding carboxylic acids is 1. The Morgan fingerprint density at radius 2 is 2.06 bits per heavy atom. The standard InChI is InChI=1S/C13H24N2O/c1-11(2)5-10-15-13(16)4-3-12-6-8-14-9-7-12/h5,12,14H,3-4,6-10H2,1-2H3,(H,15,16). The zero-order valence-corrected chi connectivity index (χ0v) is 10.5. The Morgan fingerprint density at radius 1 is 1.38 bits per heavy atom. The molecule has 0 aliphatic carbocycles. The molecule has 1 saturated heterocycles. The van der Waals surface area contributed by atoms with E-state index in [1.807, 2.05) is 19.9 Å². The fourth-order valence-corrected chi connectivity index (χ4v) is 1.96. The predicted octanol–water partition coefficient (Wildman–Crippen LogP) is 1.85. The number of piperidine rings is 1. The van der Waals surface area contributed by atoms with Gasteiger partial charge in [-0.05, 0) is 52.1 Å². The van der Waals surface area contributed by atoms with Crippen LogP contribution in [0.15, 0.2) is 11.6 Å². The lowest BCUT2D eigenvalue weighted by atomic mass is 9.93. The number of allylic oxidation sites excluding steroid dienone is 1. The molecule has 3 heteroatoms. The van der Waals surface area contributed by atoms with Crippen LogP contribution in [0, 0.1) is 5.92 Å². The number of hydrogen-bond donors (Lipinski definition) is 2. The quantitative estimate of drug-likeness (QED) is 0.700. The zero-order chi connectivity index (χ0) is 11.8. The Kier molecular flexibility index (Phi) is 6.16. The molecule has 0 aromatic rings. The van der Waals surface area contributed by atoms with Crippen LogP contribution < -0.4 is 10.6 Å². The summed E-state index contributed by atoms with van der Waals surface area (Å²) in [6.45, 7) is 6.99. The van der Waals surface area contributed by atoms with Gasteiger partial charge in [-0.3, -0.25) is 4.79 Å². The highest BCUT2D eigenvalue weighted by atomic mass is 16.1. The van der Waals surface area contributed by atoms with Gasteiger partial charge in [0.15, 0.2) is 0 Å². The summed E-state index contributed by atoms with van der Waals surface area (Å²) in [6.07, 6.45) is 6.22. The highest BCUT2D eigenvalue weighted by molar-refractivity contribution is 5.75. The summed E-state index contributed by atoms with van der Waals surface area (Å²) in [4.78, 5) is 11.5. The Labute approximate surface area is 98.7 Å². The van der Waals surface area contributed by atoms with Crippen LogP contribution in [-0.4, -0.2) is 25.5 Å². The lowest BCUT2D eigenvalue weighted by Crippen LogP contribution is -2.29. The fraction of sp³-hybridized carbons (Fsp3) is 0.769. The first-order chi connectivity index (χ1) is 7.68. The van der Waals surface area contributed by atoms with Gasteiger partial charge in [-0.2, -0.15) is 0 Å². The second-order valence-electron chi connectivity index (χ2n) is 4.82. The van der Waals surface area contributed by atoms with Crippen molar-refractivity contribution in [1.82, 2.24) is 10.6 Å². The van der Waals surface area contributed by atoms with Gasteiger partial charge in [0.25, 0.3) is 0 Å². The molecule has 0 bridgehead atoms. The van der Waals surface area contributed by atoms with E-state index in [-0.39, 0.29) is 5.91 Å². The molecule has 1 rings (SSSR count). The van der Waals surface area contributed by atoms with E-state index in [1.165, 1.54) is 18.4 Å². The Bertz CT molecular complexity index is 238. The maximum absolute atomic E-state index is 11.5. The minimum atomic E-state index is 0.191. The van der Waals surface area contributed by atoms with Crippen LogP contribution in [0.4, 0.5) is 0 Å². The molecule has 3 nitrogen and oxygen atoms in total. The van der Waals surface area contributed by atoms with E-state index in [9.17, 15) is 4.79 Å². The average Bonchev–Trinajstić information content (AvgIpc) is 2.27. The van der Waals surface area contributed by atoms with E-state index in [0.29, 0.717) is 13.0 Å². The van der Waals surface area contributed by atoms with E-state index in [1.54, 1.807) is 0 Å². The average molecular weight is 224 g/mol. The number of nitrogens with one attached hydrogen (secondary N) is 2. The topological polar surface area (TPSA) is 41.1 Å². The van der Waals surface area contributed by atoms with Gasteiger partial charge in [-0.1, -0.05) is 11.6 Å². The van der Waals surface area contributed by atoms with Gasteiger partial charge in [0.2, 0.25) is 5.91 Å². The van der Waals surface area contributed by atoms with Crippen LogP contribution in [0.5, 0.6) is 0 Å². The van der Waals surface area contributed by atoms with Gasteiger partial charge in [0.05, 0.1) is 0 Å². The molecule has 0 unspecified atom stereocenters. The molecular formula is C13H24N2O. The van der Waals surface area contributed by atoms with Crippen molar-refractivity contribution in [2.75, 3.05) is 19.6 Å². The van der Waals surface area contributed by atoms with E-state index >= 15 is 0 Å². The van der Waals surface area contributed by atoms with Crippen molar-refractivity contribution < 1.29 is 4.79 Å². The number of rotatable bonds is 5. The molecule has 1 aliphatic rings. The molecule has 0 aromatic heterocycles. The third-order valence-corrected chi connectivity index (χ3v) is 3.05. The minimum absolute atomic E-state index is 0.191. The highest BCUT2D eigenvalue weighted by Crippen LogP contribution is 2.17. The van der Waals surface area contributed by atoms with Crippen molar-refractivity contribution in [1.29, 1.82) is 0 Å². The summed E-state index contributed by atoms with van der Waals surface area (Å²) in [5.41, 5.74) is 1.25. The van der Waals surface area contributed by atoms with Crippen LogP contribution in [0.1, 0.15) is 39.5 Å². The molecule has 1 heterocycles. The van der Waals surface area contributed by atoms with Crippen molar-refractivity contribution in [2.45, 2.75) is 39.5 Å². The van der Waals surface area contributed by atoms with Gasteiger partial charge in [0, 0.05) is 13.0 Å². The van der Waals surface area contributed by atoms with E-state index in [0.717, 1.165) is 25.4 Å². The van der Waals surface area contributed by atoms with Crippen LogP contribution in [-0.2, 0) is 4.79 Å². The highest BCUT2D eigenvalue weighted by Gasteiger charge is 2.13. The molecule has 0 radical (unpaired) electrons. The normalized spacial score (nSPS) is 16.9. The molecule has 0 spiro atoms. The van der Waals surface area contributed by atoms with Gasteiger partial charge in [-0.25, -0.2) is 0 Å². The third-order valence-electron chi connectivity index (χ3n) is 3.05. The molecule has 1 aliphatic heterocycles. The maximum Gasteiger partial charge on any atom is 0.220 e. The minimum Gasteiger partial charge on any atom is -0.353 e. The van der Waals surface area contributed by atoms with E-state index in [2.05, 4.69) is 10.6 Å². The van der Waals surface area contributed by atoms with Crippen LogP contribution in [0.2, 0.25) is 0 Å². The smallest absolute Gasteiger partial charge is 0.220 e. The first-order valence-corrected chi connectivity index (χ1v) is 6.29. The fourth-order valence-electron chi connectivity index (χ4n) is 1.96. The molecule has 16 heavy (non-hydrogen) atoms. The lowest BCUT2D eigenvalue weighted by molar-refractivity contribution is -0.121. The van der Waals surface area contributed by atoms with Crippen LogP contribution in [0.25, 0.3) is 0 Å². The van der Waals surface area contributed by atoms with Crippen molar-refractivity contribution >= 4 is 5.91 Å². The number of amides is 1. The van der Waals surface area contributed by atoms with Crippen LogP contribution in [0.3, 0.4) is 0 Å². The van der Waals surface area contributed by atoms with E-state index in [4.69, 9.17) is 0 Å². The van der Waals surface area contributed by atoms with Crippen molar-refractivity contribution in [3.8, 4) is 0 Å². The number of hydrogen-bond acceptors (Lipinski definition) is 2. The number of carbonyl (C=O) groups is 1.